The van der Waals surface area contributed by atoms with Crippen molar-refractivity contribution in [3.8, 4) is 5.75 Å². The van der Waals surface area contributed by atoms with Gasteiger partial charge in [0.1, 0.15) is 24.4 Å². The molecule has 0 aliphatic carbocycles. The highest BCUT2D eigenvalue weighted by Crippen LogP contribution is 2.31. The minimum absolute atomic E-state index is 0. The summed E-state index contributed by atoms with van der Waals surface area (Å²) < 4.78 is 7.25. The van der Waals surface area contributed by atoms with E-state index in [1.807, 2.05) is 19.2 Å². The Kier molecular flexibility index (Phi) is 8.81. The van der Waals surface area contributed by atoms with E-state index in [2.05, 4.69) is 49.7 Å². The van der Waals surface area contributed by atoms with Crippen molar-refractivity contribution in [3.05, 3.63) is 36.4 Å². The highest BCUT2D eigenvalue weighted by atomic mass is 127. The van der Waals surface area contributed by atoms with Crippen LogP contribution in [-0.2, 0) is 13.6 Å². The summed E-state index contributed by atoms with van der Waals surface area (Å²) in [6, 6.07) is 8.21. The normalized spacial score (nSPS) is 16.6. The molecule has 1 fully saturated rings. The van der Waals surface area contributed by atoms with Crippen molar-refractivity contribution in [2.24, 2.45) is 18.0 Å². The molecule has 1 aliphatic heterocycles. The number of aliphatic imine (C=N–C) groups is 1. The monoisotopic (exact) mass is 499 g/mol. The number of rotatable bonds is 7. The zero-order valence-corrected chi connectivity index (χ0v) is 19.1. The molecular weight excluding hydrogens is 469 g/mol. The summed E-state index contributed by atoms with van der Waals surface area (Å²) in [7, 11) is 3.60. The molecule has 2 N–H and O–H groups in total. The SMILES string of the molecule is CCNC(=NCc1ncnn1C)NCC1CCN(c2ccccc2OC)C1.I. The number of para-hydroxylation sites is 2. The highest BCUT2D eigenvalue weighted by molar-refractivity contribution is 14.0. The fraction of sp³-hybridized carbons (Fsp3) is 0.526. The lowest BCUT2D eigenvalue weighted by Crippen LogP contribution is -2.40. The fourth-order valence-corrected chi connectivity index (χ4v) is 3.30. The van der Waals surface area contributed by atoms with Gasteiger partial charge in [-0.3, -0.25) is 4.68 Å². The molecule has 2 aromatic rings. The van der Waals surface area contributed by atoms with Gasteiger partial charge in [-0.1, -0.05) is 12.1 Å². The first-order chi connectivity index (χ1) is 13.2. The Morgan fingerprint density at radius 1 is 1.32 bits per heavy atom. The zero-order valence-electron chi connectivity index (χ0n) is 16.8. The summed E-state index contributed by atoms with van der Waals surface area (Å²) >= 11 is 0. The van der Waals surface area contributed by atoms with Crippen LogP contribution in [0.2, 0.25) is 0 Å². The molecule has 8 nitrogen and oxygen atoms in total. The van der Waals surface area contributed by atoms with Gasteiger partial charge in [-0.15, -0.1) is 24.0 Å². The number of hydrogen-bond acceptors (Lipinski definition) is 5. The van der Waals surface area contributed by atoms with E-state index in [0.717, 1.165) is 50.1 Å². The van der Waals surface area contributed by atoms with E-state index in [1.54, 1.807) is 18.1 Å². The Hall–Kier alpha value is -2.04. The number of methoxy groups -OCH3 is 1. The third-order valence-corrected chi connectivity index (χ3v) is 4.80. The fourth-order valence-electron chi connectivity index (χ4n) is 3.30. The van der Waals surface area contributed by atoms with Crippen molar-refractivity contribution >= 4 is 35.6 Å². The molecule has 2 heterocycles. The molecular formula is C19H30IN7O. The summed E-state index contributed by atoms with van der Waals surface area (Å²) in [5.74, 6) is 3.16. The van der Waals surface area contributed by atoms with Crippen LogP contribution in [0.3, 0.4) is 0 Å². The summed E-state index contributed by atoms with van der Waals surface area (Å²) in [6.07, 6.45) is 2.70. The lowest BCUT2D eigenvalue weighted by molar-refractivity contribution is 0.414. The van der Waals surface area contributed by atoms with Gasteiger partial charge in [-0.05, 0) is 31.4 Å². The molecule has 1 saturated heterocycles. The van der Waals surface area contributed by atoms with Crippen molar-refractivity contribution in [2.45, 2.75) is 19.9 Å². The van der Waals surface area contributed by atoms with Gasteiger partial charge in [-0.25, -0.2) is 9.98 Å². The minimum atomic E-state index is 0. The topological polar surface area (TPSA) is 79.6 Å². The summed E-state index contributed by atoms with van der Waals surface area (Å²) in [4.78, 5) is 11.2. The maximum atomic E-state index is 5.50. The molecule has 0 amide bonds. The van der Waals surface area contributed by atoms with E-state index in [-0.39, 0.29) is 24.0 Å². The Balaban J connectivity index is 0.00000280. The number of guanidine groups is 1. The molecule has 1 aromatic carbocycles. The lowest BCUT2D eigenvalue weighted by Gasteiger charge is -2.21. The summed E-state index contributed by atoms with van der Waals surface area (Å²) in [5, 5.41) is 10.8. The lowest BCUT2D eigenvalue weighted by atomic mass is 10.1. The van der Waals surface area contributed by atoms with E-state index in [4.69, 9.17) is 4.74 Å². The van der Waals surface area contributed by atoms with Crippen LogP contribution in [0.15, 0.2) is 35.6 Å². The van der Waals surface area contributed by atoms with E-state index < -0.39 is 0 Å². The van der Waals surface area contributed by atoms with Gasteiger partial charge in [0.25, 0.3) is 0 Å². The maximum absolute atomic E-state index is 5.50. The molecule has 154 valence electrons. The average Bonchev–Trinajstić information content (AvgIpc) is 3.33. The molecule has 1 aliphatic rings. The second kappa shape index (κ2) is 11.1. The summed E-state index contributed by atoms with van der Waals surface area (Å²) in [5.41, 5.74) is 1.17. The standard InChI is InChI=1S/C19H29N7O.HI/c1-4-20-19(22-12-18-23-14-24-25(18)2)21-11-15-9-10-26(13-15)16-7-5-6-8-17(16)27-3;/h5-8,14-15H,4,9-13H2,1-3H3,(H2,20,21,22);1H. The number of nitrogens with one attached hydrogen (secondary N) is 2. The number of benzene rings is 1. The number of ether oxygens (including phenoxy) is 1. The Morgan fingerprint density at radius 3 is 2.86 bits per heavy atom. The van der Waals surface area contributed by atoms with Gasteiger partial charge in [0.2, 0.25) is 0 Å². The molecule has 9 heteroatoms. The van der Waals surface area contributed by atoms with Gasteiger partial charge in [0.15, 0.2) is 5.96 Å². The number of hydrogen-bond donors (Lipinski definition) is 2. The van der Waals surface area contributed by atoms with Crippen LogP contribution in [0, 0.1) is 5.92 Å². The first kappa shape index (κ1) is 22.3. The molecule has 1 aromatic heterocycles. The van der Waals surface area contributed by atoms with Crippen LogP contribution in [0.1, 0.15) is 19.2 Å². The van der Waals surface area contributed by atoms with Crippen LogP contribution in [0.25, 0.3) is 0 Å². The summed E-state index contributed by atoms with van der Waals surface area (Å²) in [6.45, 7) is 6.33. The largest absolute Gasteiger partial charge is 0.495 e. The van der Waals surface area contributed by atoms with Gasteiger partial charge in [0.05, 0.1) is 12.8 Å². The maximum Gasteiger partial charge on any atom is 0.191 e. The predicted octanol–water partition coefficient (Wildman–Crippen LogP) is 2.02. The van der Waals surface area contributed by atoms with Gasteiger partial charge in [-0.2, -0.15) is 5.10 Å². The number of aromatic nitrogens is 3. The Morgan fingerprint density at radius 2 is 2.14 bits per heavy atom. The predicted molar refractivity (Wildman–Crippen MR) is 123 cm³/mol. The average molecular weight is 499 g/mol. The second-order valence-electron chi connectivity index (χ2n) is 6.65. The number of nitrogens with zero attached hydrogens (tertiary/aromatic N) is 5. The Bertz CT molecular complexity index is 764. The van der Waals surface area contributed by atoms with Crippen LogP contribution < -0.4 is 20.3 Å². The van der Waals surface area contributed by atoms with Crippen molar-refractivity contribution in [3.63, 3.8) is 0 Å². The van der Waals surface area contributed by atoms with Crippen molar-refractivity contribution in [1.82, 2.24) is 25.4 Å². The molecule has 1 unspecified atom stereocenters. The second-order valence-corrected chi connectivity index (χ2v) is 6.65. The minimum Gasteiger partial charge on any atom is -0.495 e. The van der Waals surface area contributed by atoms with E-state index >= 15 is 0 Å². The van der Waals surface area contributed by atoms with Crippen molar-refractivity contribution in [2.75, 3.05) is 38.2 Å². The van der Waals surface area contributed by atoms with Crippen molar-refractivity contribution in [1.29, 1.82) is 0 Å². The Labute approximate surface area is 183 Å². The first-order valence-electron chi connectivity index (χ1n) is 9.44. The van der Waals surface area contributed by atoms with E-state index in [1.165, 1.54) is 5.69 Å². The van der Waals surface area contributed by atoms with Gasteiger partial charge >= 0.3 is 0 Å². The molecule has 0 spiro atoms. The van der Waals surface area contributed by atoms with E-state index in [0.29, 0.717) is 12.5 Å². The number of anilines is 1. The smallest absolute Gasteiger partial charge is 0.191 e. The van der Waals surface area contributed by atoms with Gasteiger partial charge in [0, 0.05) is 33.2 Å². The molecule has 0 bridgehead atoms. The first-order valence-corrected chi connectivity index (χ1v) is 9.44. The third kappa shape index (κ3) is 5.73. The third-order valence-electron chi connectivity index (χ3n) is 4.80. The van der Waals surface area contributed by atoms with Crippen molar-refractivity contribution < 1.29 is 4.74 Å². The molecule has 28 heavy (non-hydrogen) atoms. The van der Waals surface area contributed by atoms with Crippen LogP contribution in [0.5, 0.6) is 5.75 Å². The quantitative estimate of drug-likeness (QED) is 0.345. The van der Waals surface area contributed by atoms with Crippen LogP contribution >= 0.6 is 24.0 Å². The van der Waals surface area contributed by atoms with E-state index in [9.17, 15) is 0 Å². The van der Waals surface area contributed by atoms with Crippen LogP contribution in [-0.4, -0.2) is 54.0 Å². The molecule has 0 radical (unpaired) electrons. The van der Waals surface area contributed by atoms with Gasteiger partial charge < -0.3 is 20.3 Å². The zero-order chi connectivity index (χ0) is 19.1. The molecule has 0 saturated carbocycles. The number of aryl methyl sites for hydroxylation is 1. The van der Waals surface area contributed by atoms with Crippen LogP contribution in [0.4, 0.5) is 5.69 Å². The highest BCUT2D eigenvalue weighted by Gasteiger charge is 2.24. The molecule has 3 rings (SSSR count). The number of halogens is 1. The molecule has 1 atom stereocenters.